The molecule has 3 aromatic heterocycles. The highest BCUT2D eigenvalue weighted by Crippen LogP contribution is 2.39. The Balaban J connectivity index is 1.96. The standard InChI is InChI=1S/C34H36N4O4S2/c1-15-21(7-9-31(39)40)27-14-28-22(8-10-32(41)42)16(2)24(36-28)12-29-34(20(6)44)18(4)26(38-29)13-30-33(19(5)43)17(3)25(37-30)11-23(15)35-27/h11-14,20,37-38,43-44H,5,7-10H2,1-4,6H3,(H,39,40)(H,41,42). The predicted octanol–water partition coefficient (Wildman–Crippen LogP) is 8.41. The lowest BCUT2D eigenvalue weighted by Gasteiger charge is -2.05. The van der Waals surface area contributed by atoms with Gasteiger partial charge >= 0.3 is 11.9 Å². The maximum atomic E-state index is 11.6. The van der Waals surface area contributed by atoms with Crippen LogP contribution in [0, 0.1) is 13.8 Å². The Hall–Kier alpha value is -4.02. The van der Waals surface area contributed by atoms with Crippen LogP contribution in [-0.2, 0) is 9.59 Å². The first-order valence-corrected chi connectivity index (χ1v) is 15.4. The van der Waals surface area contributed by atoms with Crippen molar-refractivity contribution in [2.24, 2.45) is 0 Å². The van der Waals surface area contributed by atoms with E-state index in [-0.39, 0.29) is 18.1 Å². The summed E-state index contributed by atoms with van der Waals surface area (Å²) in [6.45, 7) is 14.1. The molecule has 5 rings (SSSR count). The van der Waals surface area contributed by atoms with Crippen molar-refractivity contribution >= 4 is 86.5 Å². The molecule has 0 saturated heterocycles. The molecular formula is C34H36N4O4S2. The molecule has 10 heteroatoms. The van der Waals surface area contributed by atoms with Crippen LogP contribution in [0.15, 0.2) is 30.8 Å². The zero-order valence-electron chi connectivity index (χ0n) is 25.4. The number of aliphatic carboxylic acids is 2. The largest absolute Gasteiger partial charge is 0.481 e. The smallest absolute Gasteiger partial charge is 0.303 e. The van der Waals surface area contributed by atoms with Gasteiger partial charge in [-0.25, -0.2) is 9.97 Å². The van der Waals surface area contributed by atoms with Crippen molar-refractivity contribution in [3.8, 4) is 0 Å². The van der Waals surface area contributed by atoms with E-state index in [4.69, 9.17) is 22.6 Å². The minimum atomic E-state index is -0.895. The van der Waals surface area contributed by atoms with E-state index in [1.807, 2.05) is 45.9 Å². The first-order chi connectivity index (χ1) is 20.8. The summed E-state index contributed by atoms with van der Waals surface area (Å²) in [4.78, 5) is 40.9. The molecular weight excluding hydrogens is 593 g/mol. The molecule has 3 aromatic rings. The zero-order chi connectivity index (χ0) is 32.0. The van der Waals surface area contributed by atoms with Gasteiger partial charge in [0.1, 0.15) is 0 Å². The van der Waals surface area contributed by atoms with Gasteiger partial charge in [0.15, 0.2) is 0 Å². The fourth-order valence-electron chi connectivity index (χ4n) is 6.13. The van der Waals surface area contributed by atoms with Gasteiger partial charge in [0, 0.05) is 50.6 Å². The van der Waals surface area contributed by atoms with Gasteiger partial charge in [-0.3, -0.25) is 9.59 Å². The topological polar surface area (TPSA) is 132 Å². The van der Waals surface area contributed by atoms with Gasteiger partial charge < -0.3 is 20.2 Å². The molecule has 5 heterocycles. The van der Waals surface area contributed by atoms with E-state index in [0.29, 0.717) is 34.8 Å². The Labute approximate surface area is 266 Å². The molecule has 8 bridgehead atoms. The molecule has 2 aliphatic heterocycles. The molecule has 228 valence electrons. The molecule has 0 radical (unpaired) electrons. The van der Waals surface area contributed by atoms with Crippen molar-refractivity contribution in [2.75, 3.05) is 0 Å². The number of carboxylic acids is 2. The van der Waals surface area contributed by atoms with Gasteiger partial charge in [-0.15, -0.1) is 12.6 Å². The third-order valence-electron chi connectivity index (χ3n) is 8.47. The highest BCUT2D eigenvalue weighted by molar-refractivity contribution is 7.90. The molecule has 8 nitrogen and oxygen atoms in total. The van der Waals surface area contributed by atoms with Crippen LogP contribution >= 0.6 is 25.3 Å². The van der Waals surface area contributed by atoms with Crippen LogP contribution < -0.4 is 0 Å². The molecule has 0 saturated carbocycles. The Kier molecular flexibility index (Phi) is 8.68. The number of fused-ring (bicyclic) bond motifs is 8. The molecule has 0 aliphatic carbocycles. The van der Waals surface area contributed by atoms with Gasteiger partial charge in [0.05, 0.1) is 22.8 Å². The molecule has 44 heavy (non-hydrogen) atoms. The van der Waals surface area contributed by atoms with Gasteiger partial charge in [0.25, 0.3) is 0 Å². The molecule has 0 fully saturated rings. The van der Waals surface area contributed by atoms with E-state index < -0.39 is 11.9 Å². The van der Waals surface area contributed by atoms with Crippen LogP contribution in [0.3, 0.4) is 0 Å². The summed E-state index contributed by atoms with van der Waals surface area (Å²) in [6.07, 6.45) is 0.508. The van der Waals surface area contributed by atoms with Crippen molar-refractivity contribution < 1.29 is 19.8 Å². The highest BCUT2D eigenvalue weighted by Gasteiger charge is 2.23. The summed E-state index contributed by atoms with van der Waals surface area (Å²) in [5.41, 5.74) is 13.5. The summed E-state index contributed by atoms with van der Waals surface area (Å²) in [7, 11) is 0. The van der Waals surface area contributed by atoms with Crippen molar-refractivity contribution in [2.45, 2.75) is 65.6 Å². The van der Waals surface area contributed by atoms with E-state index >= 15 is 0 Å². The van der Waals surface area contributed by atoms with Gasteiger partial charge in [0.2, 0.25) is 0 Å². The fourth-order valence-corrected chi connectivity index (χ4v) is 6.75. The van der Waals surface area contributed by atoms with Crippen molar-refractivity contribution in [3.63, 3.8) is 0 Å². The summed E-state index contributed by atoms with van der Waals surface area (Å²) >= 11 is 9.43. The Morgan fingerprint density at radius 1 is 0.773 bits per heavy atom. The van der Waals surface area contributed by atoms with Crippen LogP contribution in [0.2, 0.25) is 0 Å². The Bertz CT molecular complexity index is 1980. The third kappa shape index (κ3) is 5.88. The van der Waals surface area contributed by atoms with Crippen LogP contribution in [0.5, 0.6) is 0 Å². The number of nitrogens with zero attached hydrogens (tertiary/aromatic N) is 2. The Morgan fingerprint density at radius 2 is 1.25 bits per heavy atom. The van der Waals surface area contributed by atoms with Crippen molar-refractivity contribution in [1.29, 1.82) is 0 Å². The number of aromatic amines is 2. The average Bonchev–Trinajstić information content (AvgIpc) is 3.59. The summed E-state index contributed by atoms with van der Waals surface area (Å²) < 4.78 is 0. The number of hydrogen-bond acceptors (Lipinski definition) is 6. The first kappa shape index (κ1) is 31.4. The van der Waals surface area contributed by atoms with Crippen molar-refractivity contribution in [1.82, 2.24) is 19.9 Å². The van der Waals surface area contributed by atoms with Gasteiger partial charge in [-0.05, 0) is 111 Å². The van der Waals surface area contributed by atoms with E-state index in [1.165, 1.54) is 0 Å². The number of H-pyrrole nitrogens is 2. The van der Waals surface area contributed by atoms with Crippen LogP contribution in [-0.4, -0.2) is 42.1 Å². The summed E-state index contributed by atoms with van der Waals surface area (Å²) in [6, 6.07) is 7.88. The van der Waals surface area contributed by atoms with E-state index in [2.05, 4.69) is 42.2 Å². The first-order valence-electron chi connectivity index (χ1n) is 14.4. The van der Waals surface area contributed by atoms with E-state index in [1.54, 1.807) is 0 Å². The molecule has 0 aromatic carbocycles. The number of carboxylic acid groups (broad SMARTS) is 2. The average molecular weight is 629 g/mol. The second-order valence-corrected chi connectivity index (χ2v) is 12.7. The molecule has 1 unspecified atom stereocenters. The molecule has 0 spiro atoms. The number of aromatic nitrogens is 4. The predicted molar refractivity (Wildman–Crippen MR) is 185 cm³/mol. The van der Waals surface area contributed by atoms with Crippen LogP contribution in [0.4, 0.5) is 0 Å². The summed E-state index contributed by atoms with van der Waals surface area (Å²) in [5, 5.41) is 18.9. The van der Waals surface area contributed by atoms with Crippen LogP contribution in [0.25, 0.3) is 49.3 Å². The van der Waals surface area contributed by atoms with E-state index in [0.717, 1.165) is 72.3 Å². The number of allylic oxidation sites excluding steroid dienone is 4. The van der Waals surface area contributed by atoms with E-state index in [9.17, 15) is 19.8 Å². The zero-order valence-corrected chi connectivity index (χ0v) is 27.2. The fraction of sp³-hybridized carbons (Fsp3) is 0.294. The minimum absolute atomic E-state index is 0.0438. The minimum Gasteiger partial charge on any atom is -0.481 e. The van der Waals surface area contributed by atoms with Crippen LogP contribution in [0.1, 0.15) is 96.7 Å². The lowest BCUT2D eigenvalue weighted by Crippen LogP contribution is -1.97. The number of carbonyl (C=O) groups is 2. The normalized spacial score (nSPS) is 13.9. The lowest BCUT2D eigenvalue weighted by molar-refractivity contribution is -0.137. The number of aryl methyl sites for hydroxylation is 2. The van der Waals surface area contributed by atoms with Gasteiger partial charge in [-0.2, -0.15) is 12.6 Å². The monoisotopic (exact) mass is 628 g/mol. The molecule has 2 aliphatic rings. The van der Waals surface area contributed by atoms with Gasteiger partial charge in [-0.1, -0.05) is 6.58 Å². The SMILES string of the molecule is C=C(S)c1c(C)c2cc3nc(cc4nc(cc5[nH]c(cc1[nH]2)c(C)c5C(C)S)C(C)=C4CCC(=O)O)C(CCC(=O)O)=C3C. The van der Waals surface area contributed by atoms with Crippen molar-refractivity contribution in [3.05, 3.63) is 75.9 Å². The Morgan fingerprint density at radius 3 is 1.73 bits per heavy atom. The highest BCUT2D eigenvalue weighted by atomic mass is 32.1. The maximum Gasteiger partial charge on any atom is 0.303 e. The quantitative estimate of drug-likeness (QED) is 0.139. The molecule has 1 atom stereocenters. The maximum absolute atomic E-state index is 11.6. The second-order valence-electron chi connectivity index (χ2n) is 11.4. The number of rotatable bonds is 8. The number of nitrogens with one attached hydrogen (secondary N) is 2. The molecule has 0 amide bonds. The third-order valence-corrected chi connectivity index (χ3v) is 8.95. The second kappa shape index (κ2) is 12.2. The lowest BCUT2D eigenvalue weighted by atomic mass is 9.98. The molecule has 4 N–H and O–H groups in total. The number of thiol groups is 2. The number of hydrogen-bond donors (Lipinski definition) is 6. The summed E-state index contributed by atoms with van der Waals surface area (Å²) in [5.74, 6) is -1.79.